The molecule has 23 heteroatoms. The quantitative estimate of drug-likeness (QED) is 0.0691. The van der Waals surface area contributed by atoms with Crippen molar-refractivity contribution >= 4 is 57.3 Å². The minimum atomic E-state index is -0.501. The third-order valence-electron chi connectivity index (χ3n) is 9.95. The fourth-order valence-corrected chi connectivity index (χ4v) is 6.68. The third kappa shape index (κ3) is 16.2. The zero-order valence-corrected chi connectivity index (χ0v) is 40.6. The van der Waals surface area contributed by atoms with Crippen molar-refractivity contribution in [2.24, 2.45) is 4.99 Å². The van der Waals surface area contributed by atoms with Crippen molar-refractivity contribution in [1.82, 2.24) is 26.1 Å². The molecule has 75 heavy (non-hydrogen) atoms. The van der Waals surface area contributed by atoms with Gasteiger partial charge in [-0.1, -0.05) is 6.07 Å². The number of nitrogens with zero attached hydrogens (tertiary/aromatic N) is 9. The average molecular weight is 1040 g/mol. The lowest BCUT2D eigenvalue weighted by atomic mass is 10.0. The Morgan fingerprint density at radius 3 is 1.65 bits per heavy atom. The Kier molecular flexibility index (Phi) is 21.5. The summed E-state index contributed by atoms with van der Waals surface area (Å²) in [4.78, 5) is 36.7. The maximum Gasteiger partial charge on any atom is 0.327 e. The van der Waals surface area contributed by atoms with Gasteiger partial charge < -0.3 is 29.8 Å². The highest BCUT2D eigenvalue weighted by Crippen LogP contribution is 2.34. The molecular formula is C52H41ClF3N11O8. The highest BCUT2D eigenvalue weighted by molar-refractivity contribution is 6.26. The number of ether oxygens (including phenoxy) is 5. The van der Waals surface area contributed by atoms with Crippen molar-refractivity contribution in [3.8, 4) is 52.7 Å². The molecule has 1 atom stereocenters. The number of hydrogen-bond acceptors (Lipinski definition) is 17. The lowest BCUT2D eigenvalue weighted by Crippen LogP contribution is -2.11. The number of ketones is 1. The van der Waals surface area contributed by atoms with Crippen LogP contribution in [0.4, 0.5) is 13.2 Å². The van der Waals surface area contributed by atoms with Gasteiger partial charge in [0.15, 0.2) is 0 Å². The van der Waals surface area contributed by atoms with E-state index in [1.165, 1.54) is 55.3 Å². The molecule has 0 amide bonds. The Hall–Kier alpha value is -10.1. The molecule has 0 spiro atoms. The molecule has 0 saturated carbocycles. The summed E-state index contributed by atoms with van der Waals surface area (Å²) in [6, 6.07) is 32.9. The fraction of sp³-hybridized carbons (Fsp3) is 0.135. The van der Waals surface area contributed by atoms with E-state index in [4.69, 9.17) is 52.4 Å². The van der Waals surface area contributed by atoms with Gasteiger partial charge in [0.2, 0.25) is 0 Å². The summed E-state index contributed by atoms with van der Waals surface area (Å²) >= 11 is 4.98. The first-order valence-electron chi connectivity index (χ1n) is 21.3. The minimum absolute atomic E-state index is 0. The molecule has 380 valence electrons. The molecule has 6 aromatic carbocycles. The summed E-state index contributed by atoms with van der Waals surface area (Å²) in [6.07, 6.45) is 5.46. The van der Waals surface area contributed by atoms with E-state index in [2.05, 4.69) is 29.8 Å². The monoisotopic (exact) mass is 1040 g/mol. The van der Waals surface area contributed by atoms with Crippen molar-refractivity contribution in [2.45, 2.75) is 25.9 Å². The van der Waals surface area contributed by atoms with Gasteiger partial charge in [0.1, 0.15) is 88.4 Å². The van der Waals surface area contributed by atoms with Crippen LogP contribution < -0.4 is 20.4 Å². The summed E-state index contributed by atoms with van der Waals surface area (Å²) in [5.74, 6) is 0.246. The number of nitriles is 3. The summed E-state index contributed by atoms with van der Waals surface area (Å²) in [5, 5.41) is 51.7. The number of methoxy groups -OCH3 is 2. The van der Waals surface area contributed by atoms with Gasteiger partial charge in [-0.2, -0.15) is 26.0 Å². The average Bonchev–Trinajstić information content (AvgIpc) is 4.16. The molecule has 2 aromatic heterocycles. The van der Waals surface area contributed by atoms with E-state index in [1.807, 2.05) is 30.3 Å². The molecule has 9 rings (SSSR count). The molecule has 1 aliphatic rings. The third-order valence-corrected chi connectivity index (χ3v) is 10.2. The number of hydrogen-bond donors (Lipinski definition) is 2. The Bertz CT molecular complexity index is 3500. The normalized spacial score (nSPS) is 11.2. The largest absolute Gasteiger partial charge is 0.468 e. The van der Waals surface area contributed by atoms with Gasteiger partial charge >= 0.3 is 11.9 Å². The van der Waals surface area contributed by atoms with Crippen molar-refractivity contribution < 1.29 is 51.2 Å². The van der Waals surface area contributed by atoms with Crippen LogP contribution in [-0.2, 0) is 30.4 Å². The van der Waals surface area contributed by atoms with Crippen LogP contribution in [0.25, 0.3) is 21.8 Å². The topological polar surface area (TPSA) is 310 Å². The number of alkyl halides is 1. The number of aromatic amines is 1. The fourth-order valence-electron chi connectivity index (χ4n) is 6.57. The van der Waals surface area contributed by atoms with Gasteiger partial charge in [-0.15, -0.1) is 11.6 Å². The number of esters is 2. The second-order valence-corrected chi connectivity index (χ2v) is 15.3. The number of fused-ring (bicyclic) bond motifs is 3. The molecule has 0 radical (unpaired) electrons. The lowest BCUT2D eigenvalue weighted by Gasteiger charge is -2.11. The van der Waals surface area contributed by atoms with Crippen molar-refractivity contribution in [1.29, 1.82) is 26.6 Å². The second kappa shape index (κ2) is 28.0. The summed E-state index contributed by atoms with van der Waals surface area (Å²) in [5.41, 5.74) is 3.84. The first-order valence-corrected chi connectivity index (χ1v) is 21.8. The number of aliphatic imine (C=N–C) groups is 1. The van der Waals surface area contributed by atoms with Crippen LogP contribution in [0, 0.1) is 62.2 Å². The lowest BCUT2D eigenvalue weighted by molar-refractivity contribution is -0.141. The van der Waals surface area contributed by atoms with Crippen LogP contribution in [0.1, 0.15) is 47.2 Å². The number of benzene rings is 6. The number of Topliss-reactive ketones (excluding diaryl/α,β-unsaturated/α-hetero) is 1. The van der Waals surface area contributed by atoms with Crippen LogP contribution in [0.15, 0.2) is 127 Å². The standard InChI is InChI=1S/C18H13FN2O2.C17H12FN3O3.C14H8FN3O.C3H5ClO2.N2.H3N/c1-11(22)6-17-16-4-3-15(8-13(16)10-21-17)23-18-5-2-14(19)7-12(18)9-20;1-23-17(22)10-21-9-12-7-14(3-4-15(12)20-21)24-16-5-2-13(18)6-11(16)8-19;15-11-1-4-14(9(5-11)7-16)19-12-2-3-13-10(6-12)8-17-18-13;1-6-3(5)2-4;1-2;/h2-5,7-8,10,17H,6H2,1H3;2-7,9H,10H2,1H3;1-6,8H,(H,17,18);2H2,1H3;;1H3. The Morgan fingerprint density at radius 2 is 1.17 bits per heavy atom. The zero-order valence-electron chi connectivity index (χ0n) is 39.8. The molecule has 0 aliphatic carbocycles. The first kappa shape index (κ1) is 57.4. The molecule has 0 fully saturated rings. The van der Waals surface area contributed by atoms with E-state index in [1.54, 1.807) is 68.0 Å². The molecular weight excluding hydrogens is 999 g/mol. The van der Waals surface area contributed by atoms with Crippen LogP contribution in [0.3, 0.4) is 0 Å². The molecule has 1 unspecified atom stereocenters. The van der Waals surface area contributed by atoms with Crippen LogP contribution in [-0.4, -0.2) is 64.0 Å². The van der Waals surface area contributed by atoms with E-state index >= 15 is 0 Å². The second-order valence-electron chi connectivity index (χ2n) is 15.0. The Balaban J connectivity index is 0.000000226. The molecule has 4 N–H and O–H groups in total. The minimum Gasteiger partial charge on any atom is -0.468 e. The van der Waals surface area contributed by atoms with E-state index in [0.717, 1.165) is 45.6 Å². The number of nitrogens with one attached hydrogen (secondary N) is 1. The van der Waals surface area contributed by atoms with Gasteiger partial charge in [0.25, 0.3) is 0 Å². The number of carbonyl (C=O) groups excluding carboxylic acids is 3. The van der Waals surface area contributed by atoms with Crippen molar-refractivity contribution in [3.63, 3.8) is 0 Å². The molecule has 19 nitrogen and oxygen atoms in total. The van der Waals surface area contributed by atoms with E-state index in [0.29, 0.717) is 40.7 Å². The number of H-pyrrole nitrogens is 1. The maximum absolute atomic E-state index is 13.2. The summed E-state index contributed by atoms with van der Waals surface area (Å²) in [6.45, 7) is 1.56. The number of halogens is 4. The van der Waals surface area contributed by atoms with Gasteiger partial charge in [0.05, 0.1) is 54.2 Å². The zero-order chi connectivity index (χ0) is 53.7. The van der Waals surface area contributed by atoms with Gasteiger partial charge in [-0.3, -0.25) is 29.2 Å². The van der Waals surface area contributed by atoms with Gasteiger partial charge in [-0.25, -0.2) is 13.2 Å². The Labute approximate surface area is 430 Å². The van der Waals surface area contributed by atoms with E-state index < -0.39 is 29.4 Å². The molecule has 0 saturated heterocycles. The van der Waals surface area contributed by atoms with Gasteiger partial charge in [-0.05, 0) is 116 Å². The Morgan fingerprint density at radius 1 is 0.680 bits per heavy atom. The smallest absolute Gasteiger partial charge is 0.327 e. The summed E-state index contributed by atoms with van der Waals surface area (Å²) < 4.78 is 66.5. The van der Waals surface area contributed by atoms with Crippen molar-refractivity contribution in [2.75, 3.05) is 20.1 Å². The molecule has 8 aromatic rings. The first-order chi connectivity index (χ1) is 35.7. The highest BCUT2D eigenvalue weighted by Gasteiger charge is 2.21. The van der Waals surface area contributed by atoms with E-state index in [9.17, 15) is 27.6 Å². The van der Waals surface area contributed by atoms with Crippen LogP contribution in [0.5, 0.6) is 34.5 Å². The number of rotatable bonds is 11. The van der Waals surface area contributed by atoms with E-state index in [-0.39, 0.29) is 52.8 Å². The molecule has 0 bridgehead atoms. The number of aromatic nitrogens is 4. The predicted octanol–water partition coefficient (Wildman–Crippen LogP) is 10.9. The SMILES string of the molecule is CC(=O)CC1N=Cc2cc(Oc3ccc(F)cc3C#N)ccc21.COC(=O)CCl.COC(=O)Cn1cc2cc(Oc3ccc(F)cc3C#N)ccc2n1.N.N#Cc1cc(F)ccc1Oc1ccc2[nH]ncc2c1.N#N. The summed E-state index contributed by atoms with van der Waals surface area (Å²) in [7, 11) is 2.61. The molecule has 1 aliphatic heterocycles. The van der Waals surface area contributed by atoms with Crippen LogP contribution in [0.2, 0.25) is 0 Å². The maximum atomic E-state index is 13.2. The van der Waals surface area contributed by atoms with Crippen LogP contribution >= 0.6 is 11.6 Å². The number of carbonyl (C=O) groups is 3. The molecule has 3 heterocycles. The van der Waals surface area contributed by atoms with Crippen molar-refractivity contribution in [3.05, 3.63) is 167 Å². The highest BCUT2D eigenvalue weighted by atomic mass is 35.5. The predicted molar refractivity (Wildman–Crippen MR) is 265 cm³/mol. The van der Waals surface area contributed by atoms with Gasteiger partial charge in [0, 0.05) is 46.0 Å².